The second-order valence-electron chi connectivity index (χ2n) is 7.75. The molecule has 0 aromatic heterocycles. The third-order valence-corrected chi connectivity index (χ3v) is 7.11. The molecule has 26 heavy (non-hydrogen) atoms. The molecule has 0 saturated carbocycles. The van der Waals surface area contributed by atoms with Crippen molar-refractivity contribution in [3.8, 4) is 0 Å². The first-order valence-electron chi connectivity index (χ1n) is 9.87. The van der Waals surface area contributed by atoms with E-state index in [4.69, 9.17) is 0 Å². The smallest absolute Gasteiger partial charge is 0.0646 e. The molecule has 0 bridgehead atoms. The average molecular weight is 463 g/mol. The first-order valence-corrected chi connectivity index (χ1v) is 10.8. The maximum atomic E-state index is 2.49. The number of nitrogens with zero attached hydrogens (tertiary/aromatic N) is 1. The van der Waals surface area contributed by atoms with Crippen molar-refractivity contribution >= 4 is 34.2 Å². The molecule has 0 fully saturated rings. The van der Waals surface area contributed by atoms with Gasteiger partial charge in [-0.2, -0.15) is 0 Å². The summed E-state index contributed by atoms with van der Waals surface area (Å²) in [6.45, 7) is 18.1. The van der Waals surface area contributed by atoms with Gasteiger partial charge >= 0.3 is 0 Å². The molecule has 0 aliphatic carbocycles. The second kappa shape index (κ2) is 8.77. The number of aryl methyl sites for hydroxylation is 1. The molecule has 2 aromatic rings. The Labute approximate surface area is 174 Å². The molecule has 0 aliphatic heterocycles. The molecule has 1 atom stereocenters. The van der Waals surface area contributed by atoms with Gasteiger partial charge in [-0.1, -0.05) is 26.3 Å². The van der Waals surface area contributed by atoms with E-state index in [9.17, 15) is 0 Å². The predicted octanol–water partition coefficient (Wildman–Crippen LogP) is 8.32. The van der Waals surface area contributed by atoms with Crippen molar-refractivity contribution in [1.29, 1.82) is 0 Å². The van der Waals surface area contributed by atoms with Crippen LogP contribution in [0.4, 0.5) is 11.4 Å². The van der Waals surface area contributed by atoms with E-state index in [1.165, 1.54) is 69.6 Å². The van der Waals surface area contributed by atoms with Crippen molar-refractivity contribution < 1.29 is 0 Å². The van der Waals surface area contributed by atoms with Crippen LogP contribution in [0.15, 0.2) is 18.2 Å². The number of rotatable bonds is 6. The topological polar surface area (TPSA) is 3.24 Å². The van der Waals surface area contributed by atoms with Gasteiger partial charge in [-0.25, -0.2) is 0 Å². The van der Waals surface area contributed by atoms with Gasteiger partial charge < -0.3 is 0 Å². The summed E-state index contributed by atoms with van der Waals surface area (Å²) in [7, 11) is 0. The molecule has 2 aromatic carbocycles. The first-order chi connectivity index (χ1) is 12.2. The summed E-state index contributed by atoms with van der Waals surface area (Å²) in [5.41, 5.74) is 12.5. The molecule has 0 saturated heterocycles. The number of hydrogen-bond donors (Lipinski definition) is 0. The van der Waals surface area contributed by atoms with E-state index in [0.29, 0.717) is 5.92 Å². The van der Waals surface area contributed by atoms with Crippen LogP contribution in [0.3, 0.4) is 0 Å². The lowest BCUT2D eigenvalue weighted by atomic mass is 9.90. The third kappa shape index (κ3) is 4.11. The Kier molecular flexibility index (Phi) is 7.18. The van der Waals surface area contributed by atoms with Crippen LogP contribution in [0.1, 0.15) is 78.0 Å². The molecule has 0 spiro atoms. The second-order valence-corrected chi connectivity index (χ2v) is 8.72. The maximum absolute atomic E-state index is 2.49. The minimum absolute atomic E-state index is 0.659. The van der Waals surface area contributed by atoms with E-state index >= 15 is 0 Å². The Morgan fingerprint density at radius 3 is 1.85 bits per heavy atom. The zero-order valence-corrected chi connectivity index (χ0v) is 19.9. The van der Waals surface area contributed by atoms with E-state index < -0.39 is 0 Å². The number of anilines is 2. The van der Waals surface area contributed by atoms with Crippen molar-refractivity contribution in [2.24, 2.45) is 0 Å². The van der Waals surface area contributed by atoms with Gasteiger partial charge in [0.25, 0.3) is 0 Å². The standard InChI is InChI=1S/C24H34IN/c1-9-11-21(10-2)22-12-15(3)13-23(14-22)26(25)24-19(7)17(5)16(4)18(6)20(24)8/h12-14,21H,9-11H2,1-8H3. The third-order valence-electron chi connectivity index (χ3n) is 6.07. The van der Waals surface area contributed by atoms with Gasteiger partial charge in [0.05, 0.1) is 34.2 Å². The van der Waals surface area contributed by atoms with Crippen LogP contribution in [0.25, 0.3) is 0 Å². The summed E-state index contributed by atoms with van der Waals surface area (Å²) < 4.78 is 2.37. The SMILES string of the molecule is CCCC(CC)c1cc(C)cc(N(I)c2c(C)c(C)c(C)c(C)c2C)c1. The normalized spacial score (nSPS) is 12.3. The van der Waals surface area contributed by atoms with Crippen LogP contribution >= 0.6 is 22.9 Å². The molecule has 2 rings (SSSR count). The summed E-state index contributed by atoms with van der Waals surface area (Å²) >= 11 is 2.49. The summed E-state index contributed by atoms with van der Waals surface area (Å²) in [5, 5.41) is 0. The van der Waals surface area contributed by atoms with Crippen LogP contribution < -0.4 is 3.11 Å². The highest BCUT2D eigenvalue weighted by atomic mass is 127. The van der Waals surface area contributed by atoms with Gasteiger partial charge in [0.15, 0.2) is 0 Å². The summed E-state index contributed by atoms with van der Waals surface area (Å²) in [4.78, 5) is 0. The maximum Gasteiger partial charge on any atom is 0.0646 e. The molecule has 1 unspecified atom stereocenters. The Morgan fingerprint density at radius 2 is 1.35 bits per heavy atom. The van der Waals surface area contributed by atoms with E-state index in [2.05, 4.69) is 99.6 Å². The van der Waals surface area contributed by atoms with Crippen molar-refractivity contribution in [2.45, 2.75) is 80.6 Å². The van der Waals surface area contributed by atoms with E-state index in [1.807, 2.05) is 0 Å². The molecule has 0 radical (unpaired) electrons. The lowest BCUT2D eigenvalue weighted by Gasteiger charge is -2.27. The molecule has 0 N–H and O–H groups in total. The van der Waals surface area contributed by atoms with Crippen molar-refractivity contribution in [1.82, 2.24) is 0 Å². The van der Waals surface area contributed by atoms with Crippen LogP contribution in [0.5, 0.6) is 0 Å². The fourth-order valence-electron chi connectivity index (χ4n) is 4.00. The zero-order chi connectivity index (χ0) is 19.6. The van der Waals surface area contributed by atoms with Crippen molar-refractivity contribution in [3.63, 3.8) is 0 Å². The molecule has 1 nitrogen and oxygen atoms in total. The van der Waals surface area contributed by atoms with Crippen molar-refractivity contribution in [2.75, 3.05) is 3.11 Å². The predicted molar refractivity (Wildman–Crippen MR) is 125 cm³/mol. The summed E-state index contributed by atoms with van der Waals surface area (Å²) in [6, 6.07) is 7.11. The lowest BCUT2D eigenvalue weighted by molar-refractivity contribution is 0.596. The lowest BCUT2D eigenvalue weighted by Crippen LogP contribution is -2.10. The van der Waals surface area contributed by atoms with Gasteiger partial charge in [-0.05, 0) is 111 Å². The molecule has 0 heterocycles. The van der Waals surface area contributed by atoms with Crippen molar-refractivity contribution in [3.05, 3.63) is 57.1 Å². The van der Waals surface area contributed by atoms with Crippen LogP contribution in [0, 0.1) is 41.5 Å². The molecule has 0 aliphatic rings. The fraction of sp³-hybridized carbons (Fsp3) is 0.500. The molecular weight excluding hydrogens is 429 g/mol. The number of halogens is 1. The first kappa shape index (κ1) is 21.3. The summed E-state index contributed by atoms with van der Waals surface area (Å²) in [6.07, 6.45) is 3.71. The average Bonchev–Trinajstić information content (AvgIpc) is 2.62. The summed E-state index contributed by atoms with van der Waals surface area (Å²) in [5.74, 6) is 0.659. The minimum Gasteiger partial charge on any atom is -0.282 e. The zero-order valence-electron chi connectivity index (χ0n) is 17.8. The Bertz CT molecular complexity index is 762. The molecule has 142 valence electrons. The highest BCUT2D eigenvalue weighted by molar-refractivity contribution is 14.1. The number of hydrogen-bond acceptors (Lipinski definition) is 1. The van der Waals surface area contributed by atoms with Gasteiger partial charge in [-0.3, -0.25) is 3.11 Å². The largest absolute Gasteiger partial charge is 0.282 e. The monoisotopic (exact) mass is 463 g/mol. The highest BCUT2D eigenvalue weighted by Gasteiger charge is 2.19. The minimum atomic E-state index is 0.659. The Morgan fingerprint density at radius 1 is 0.808 bits per heavy atom. The Hall–Kier alpha value is -1.03. The van der Waals surface area contributed by atoms with E-state index in [-0.39, 0.29) is 0 Å². The fourth-order valence-corrected chi connectivity index (χ4v) is 5.00. The van der Waals surface area contributed by atoms with E-state index in [1.54, 1.807) is 0 Å². The van der Waals surface area contributed by atoms with E-state index in [0.717, 1.165) is 0 Å². The van der Waals surface area contributed by atoms with Crippen LogP contribution in [-0.4, -0.2) is 0 Å². The van der Waals surface area contributed by atoms with Crippen LogP contribution in [-0.2, 0) is 0 Å². The highest BCUT2D eigenvalue weighted by Crippen LogP contribution is 2.40. The quantitative estimate of drug-likeness (QED) is 0.308. The Balaban J connectivity index is 2.58. The van der Waals surface area contributed by atoms with Crippen LogP contribution in [0.2, 0.25) is 0 Å². The molecule has 0 amide bonds. The van der Waals surface area contributed by atoms with Gasteiger partial charge in [0.2, 0.25) is 0 Å². The van der Waals surface area contributed by atoms with Gasteiger partial charge in [-0.15, -0.1) is 0 Å². The molecule has 2 heteroatoms. The number of benzene rings is 2. The van der Waals surface area contributed by atoms with Gasteiger partial charge in [0.1, 0.15) is 0 Å². The molecular formula is C24H34IN. The van der Waals surface area contributed by atoms with Gasteiger partial charge in [0, 0.05) is 0 Å².